The van der Waals surface area contributed by atoms with E-state index in [9.17, 15) is 9.18 Å². The predicted molar refractivity (Wildman–Crippen MR) is 72.6 cm³/mol. The van der Waals surface area contributed by atoms with E-state index in [1.165, 1.54) is 24.5 Å². The number of halogens is 1. The number of hydrogen-bond acceptors (Lipinski definition) is 3. The van der Waals surface area contributed by atoms with E-state index in [0.717, 1.165) is 0 Å². The highest BCUT2D eigenvalue weighted by atomic mass is 19.1. The van der Waals surface area contributed by atoms with Crippen LogP contribution in [0.2, 0.25) is 0 Å². The Kier molecular flexibility index (Phi) is 4.94. The molecule has 0 aliphatic heterocycles. The molecule has 5 heteroatoms. The Morgan fingerprint density at radius 2 is 2.15 bits per heavy atom. The van der Waals surface area contributed by atoms with Gasteiger partial charge in [0.1, 0.15) is 12.4 Å². The van der Waals surface area contributed by atoms with Gasteiger partial charge in [-0.05, 0) is 30.3 Å². The first-order valence-electron chi connectivity index (χ1n) is 6.12. The summed E-state index contributed by atoms with van der Waals surface area (Å²) in [5, 5.41) is 2.62. The molecule has 0 spiro atoms. The Labute approximate surface area is 115 Å². The fraction of sp³-hybridized carbons (Fsp3) is 0.133. The number of carbonyl (C=O) groups is 1. The monoisotopic (exact) mass is 275 g/mol. The molecule has 0 saturated carbocycles. The quantitative estimate of drug-likeness (QED) is 0.651. The first-order chi connectivity index (χ1) is 9.75. The van der Waals surface area contributed by atoms with E-state index in [4.69, 9.17) is 9.15 Å². The minimum atomic E-state index is -0.420. The highest BCUT2D eigenvalue weighted by molar-refractivity contribution is 5.91. The van der Waals surface area contributed by atoms with Crippen LogP contribution in [-0.2, 0) is 4.79 Å². The van der Waals surface area contributed by atoms with E-state index in [2.05, 4.69) is 5.32 Å². The number of rotatable bonds is 6. The lowest BCUT2D eigenvalue weighted by Crippen LogP contribution is -2.26. The third-order valence-electron chi connectivity index (χ3n) is 2.44. The van der Waals surface area contributed by atoms with Crippen molar-refractivity contribution in [2.45, 2.75) is 0 Å². The maximum Gasteiger partial charge on any atom is 0.244 e. The van der Waals surface area contributed by atoms with E-state index in [1.54, 1.807) is 30.3 Å². The van der Waals surface area contributed by atoms with Crippen LogP contribution in [0.1, 0.15) is 5.76 Å². The van der Waals surface area contributed by atoms with Crippen LogP contribution in [0.25, 0.3) is 6.08 Å². The molecule has 0 fully saturated rings. The fourth-order valence-electron chi connectivity index (χ4n) is 1.50. The van der Waals surface area contributed by atoms with Gasteiger partial charge in [-0.2, -0.15) is 0 Å². The highest BCUT2D eigenvalue weighted by Gasteiger charge is 2.01. The van der Waals surface area contributed by atoms with Crippen LogP contribution >= 0.6 is 0 Å². The average Bonchev–Trinajstić information content (AvgIpc) is 2.96. The molecule has 0 radical (unpaired) electrons. The lowest BCUT2D eigenvalue weighted by Gasteiger charge is -2.07. The summed E-state index contributed by atoms with van der Waals surface area (Å²) >= 11 is 0. The highest BCUT2D eigenvalue weighted by Crippen LogP contribution is 2.14. The molecule has 1 aromatic carbocycles. The summed E-state index contributed by atoms with van der Waals surface area (Å²) in [5.74, 6) is 0.0886. The number of benzene rings is 1. The number of carbonyl (C=O) groups excluding carboxylic acids is 1. The third kappa shape index (κ3) is 4.28. The molecule has 2 rings (SSSR count). The maximum atomic E-state index is 13.2. The van der Waals surface area contributed by atoms with Crippen molar-refractivity contribution in [3.63, 3.8) is 0 Å². The summed E-state index contributed by atoms with van der Waals surface area (Å²) in [6.45, 7) is 0.483. The normalized spacial score (nSPS) is 10.7. The van der Waals surface area contributed by atoms with Gasteiger partial charge in [0, 0.05) is 6.08 Å². The van der Waals surface area contributed by atoms with Gasteiger partial charge in [-0.25, -0.2) is 4.39 Å². The Balaban J connectivity index is 1.68. The Hall–Kier alpha value is -2.56. The SMILES string of the molecule is O=C(/C=C/c1ccco1)NCCOc1ccccc1F. The van der Waals surface area contributed by atoms with Crippen LogP contribution in [0.5, 0.6) is 5.75 Å². The predicted octanol–water partition coefficient (Wildman–Crippen LogP) is 2.63. The molecule has 1 N–H and O–H groups in total. The molecule has 0 aliphatic carbocycles. The lowest BCUT2D eigenvalue weighted by molar-refractivity contribution is -0.116. The Morgan fingerprint density at radius 1 is 1.30 bits per heavy atom. The van der Waals surface area contributed by atoms with Crippen molar-refractivity contribution < 1.29 is 18.3 Å². The van der Waals surface area contributed by atoms with E-state index < -0.39 is 5.82 Å². The summed E-state index contributed by atoms with van der Waals surface area (Å²) in [6.07, 6.45) is 4.45. The van der Waals surface area contributed by atoms with Gasteiger partial charge in [0.2, 0.25) is 5.91 Å². The molecule has 0 aliphatic rings. The van der Waals surface area contributed by atoms with Crippen molar-refractivity contribution in [1.29, 1.82) is 0 Å². The second-order valence-corrected chi connectivity index (χ2v) is 3.92. The zero-order valence-corrected chi connectivity index (χ0v) is 10.7. The maximum absolute atomic E-state index is 13.2. The molecular weight excluding hydrogens is 261 g/mol. The molecule has 1 amide bonds. The molecule has 1 aromatic heterocycles. The van der Waals surface area contributed by atoms with Gasteiger partial charge in [-0.1, -0.05) is 12.1 Å². The first kappa shape index (κ1) is 13.9. The summed E-state index contributed by atoms with van der Waals surface area (Å²) in [7, 11) is 0. The van der Waals surface area contributed by atoms with Gasteiger partial charge in [-0.3, -0.25) is 4.79 Å². The summed E-state index contributed by atoms with van der Waals surface area (Å²) in [5.41, 5.74) is 0. The van der Waals surface area contributed by atoms with Crippen molar-refractivity contribution >= 4 is 12.0 Å². The molecule has 2 aromatic rings. The van der Waals surface area contributed by atoms with Gasteiger partial charge in [0.15, 0.2) is 11.6 Å². The van der Waals surface area contributed by atoms with E-state index in [-0.39, 0.29) is 24.8 Å². The molecule has 20 heavy (non-hydrogen) atoms. The molecule has 0 atom stereocenters. The molecule has 0 saturated heterocycles. The molecular formula is C15H14FNO3. The minimum absolute atomic E-state index is 0.174. The van der Waals surface area contributed by atoms with Crippen molar-refractivity contribution in [3.8, 4) is 5.75 Å². The second-order valence-electron chi connectivity index (χ2n) is 3.92. The van der Waals surface area contributed by atoms with Crippen LogP contribution in [0, 0.1) is 5.82 Å². The van der Waals surface area contributed by atoms with E-state index in [1.807, 2.05) is 0 Å². The third-order valence-corrected chi connectivity index (χ3v) is 2.44. The van der Waals surface area contributed by atoms with Crippen LogP contribution in [-0.4, -0.2) is 19.1 Å². The summed E-state index contributed by atoms with van der Waals surface area (Å²) < 4.78 is 23.5. The summed E-state index contributed by atoms with van der Waals surface area (Å²) in [4.78, 5) is 11.4. The van der Waals surface area contributed by atoms with E-state index >= 15 is 0 Å². The summed E-state index contributed by atoms with van der Waals surface area (Å²) in [6, 6.07) is 9.60. The minimum Gasteiger partial charge on any atom is -0.489 e. The number of para-hydroxylation sites is 1. The smallest absolute Gasteiger partial charge is 0.244 e. The average molecular weight is 275 g/mol. The van der Waals surface area contributed by atoms with Crippen LogP contribution < -0.4 is 10.1 Å². The number of ether oxygens (including phenoxy) is 1. The van der Waals surface area contributed by atoms with Gasteiger partial charge in [-0.15, -0.1) is 0 Å². The van der Waals surface area contributed by atoms with Crippen molar-refractivity contribution in [1.82, 2.24) is 5.32 Å². The molecule has 4 nitrogen and oxygen atoms in total. The van der Waals surface area contributed by atoms with Crippen molar-refractivity contribution in [2.24, 2.45) is 0 Å². The van der Waals surface area contributed by atoms with Gasteiger partial charge in [0.25, 0.3) is 0 Å². The van der Waals surface area contributed by atoms with Gasteiger partial charge in [0.05, 0.1) is 12.8 Å². The van der Waals surface area contributed by atoms with Crippen LogP contribution in [0.3, 0.4) is 0 Å². The second kappa shape index (κ2) is 7.13. The fourth-order valence-corrected chi connectivity index (χ4v) is 1.50. The standard InChI is InChI=1S/C15H14FNO3/c16-13-5-1-2-6-14(13)20-11-9-17-15(18)8-7-12-4-3-10-19-12/h1-8,10H,9,11H2,(H,17,18)/b8-7+. The molecule has 0 bridgehead atoms. The Bertz CT molecular complexity index is 579. The molecule has 104 valence electrons. The lowest BCUT2D eigenvalue weighted by atomic mass is 10.3. The first-order valence-corrected chi connectivity index (χ1v) is 6.12. The number of nitrogens with one attached hydrogen (secondary N) is 1. The van der Waals surface area contributed by atoms with Crippen LogP contribution in [0.15, 0.2) is 53.2 Å². The van der Waals surface area contributed by atoms with Gasteiger partial charge < -0.3 is 14.5 Å². The van der Waals surface area contributed by atoms with E-state index in [0.29, 0.717) is 5.76 Å². The topological polar surface area (TPSA) is 51.5 Å². The Morgan fingerprint density at radius 3 is 2.90 bits per heavy atom. The number of hydrogen-bond donors (Lipinski definition) is 1. The number of furan rings is 1. The molecule has 0 unspecified atom stereocenters. The zero-order valence-electron chi connectivity index (χ0n) is 10.7. The molecule has 1 heterocycles. The zero-order chi connectivity index (χ0) is 14.2. The van der Waals surface area contributed by atoms with Crippen molar-refractivity contribution in [3.05, 3.63) is 60.3 Å². The van der Waals surface area contributed by atoms with Crippen molar-refractivity contribution in [2.75, 3.05) is 13.2 Å². The van der Waals surface area contributed by atoms with Gasteiger partial charge >= 0.3 is 0 Å². The largest absolute Gasteiger partial charge is 0.489 e. The number of amides is 1. The van der Waals surface area contributed by atoms with Crippen LogP contribution in [0.4, 0.5) is 4.39 Å².